The molecule has 1 rings (SSSR count). The van der Waals surface area contributed by atoms with Crippen LogP contribution < -0.4 is 5.32 Å². The normalized spacial score (nSPS) is 13.4. The standard InChI is InChI=1S/C9H12ClNO4S/c1-6(5-16(2,13)14)11-9(12)7-3-4-15-8(7)10/h3-4,6H,5H2,1-2H3,(H,11,12). The highest BCUT2D eigenvalue weighted by Gasteiger charge is 2.17. The van der Waals surface area contributed by atoms with Crippen molar-refractivity contribution in [2.45, 2.75) is 13.0 Å². The number of carbonyl (C=O) groups excluding carboxylic acids is 1. The first-order chi connectivity index (χ1) is 7.29. The van der Waals surface area contributed by atoms with Crippen molar-refractivity contribution >= 4 is 27.3 Å². The van der Waals surface area contributed by atoms with Gasteiger partial charge < -0.3 is 9.73 Å². The van der Waals surface area contributed by atoms with Crippen molar-refractivity contribution in [3.63, 3.8) is 0 Å². The molecule has 0 bridgehead atoms. The third-order valence-corrected chi connectivity index (χ3v) is 3.19. The first-order valence-electron chi connectivity index (χ1n) is 4.51. The summed E-state index contributed by atoms with van der Waals surface area (Å²) < 4.78 is 26.7. The predicted octanol–water partition coefficient (Wildman–Crippen LogP) is 1.10. The molecule has 1 unspecified atom stereocenters. The minimum atomic E-state index is -3.12. The van der Waals surface area contributed by atoms with Crippen LogP contribution in [-0.2, 0) is 9.84 Å². The van der Waals surface area contributed by atoms with Crippen LogP contribution in [0.25, 0.3) is 0 Å². The van der Waals surface area contributed by atoms with E-state index >= 15 is 0 Å². The van der Waals surface area contributed by atoms with Gasteiger partial charge in [0.2, 0.25) is 5.22 Å². The van der Waals surface area contributed by atoms with Gasteiger partial charge in [-0.3, -0.25) is 4.79 Å². The van der Waals surface area contributed by atoms with Crippen molar-refractivity contribution in [3.05, 3.63) is 23.1 Å². The minimum Gasteiger partial charge on any atom is -0.452 e. The largest absolute Gasteiger partial charge is 0.452 e. The summed E-state index contributed by atoms with van der Waals surface area (Å²) in [6.45, 7) is 1.60. The number of rotatable bonds is 4. The Morgan fingerprint density at radius 3 is 2.69 bits per heavy atom. The summed E-state index contributed by atoms with van der Waals surface area (Å²) in [6, 6.07) is 0.943. The highest BCUT2D eigenvalue weighted by atomic mass is 35.5. The first-order valence-corrected chi connectivity index (χ1v) is 6.95. The Balaban J connectivity index is 2.63. The minimum absolute atomic E-state index is 0.0101. The van der Waals surface area contributed by atoms with Crippen molar-refractivity contribution in [2.24, 2.45) is 0 Å². The summed E-state index contributed by atoms with van der Waals surface area (Å²) in [5.41, 5.74) is 0.196. The molecule has 0 fully saturated rings. The van der Waals surface area contributed by atoms with Crippen molar-refractivity contribution in [2.75, 3.05) is 12.0 Å². The van der Waals surface area contributed by atoms with Gasteiger partial charge in [-0.1, -0.05) is 0 Å². The zero-order valence-corrected chi connectivity index (χ0v) is 10.4. The Bertz CT molecular complexity index is 479. The SMILES string of the molecule is CC(CS(C)(=O)=O)NC(=O)c1ccoc1Cl. The Morgan fingerprint density at radius 1 is 1.62 bits per heavy atom. The average molecular weight is 266 g/mol. The fourth-order valence-electron chi connectivity index (χ4n) is 1.25. The van der Waals surface area contributed by atoms with E-state index in [0.717, 1.165) is 6.26 Å². The van der Waals surface area contributed by atoms with E-state index < -0.39 is 21.8 Å². The summed E-state index contributed by atoms with van der Waals surface area (Å²) in [4.78, 5) is 11.6. The fraction of sp³-hybridized carbons (Fsp3) is 0.444. The average Bonchev–Trinajstić information content (AvgIpc) is 2.47. The van der Waals surface area contributed by atoms with Crippen LogP contribution in [0.15, 0.2) is 16.7 Å². The molecule has 90 valence electrons. The second-order valence-corrected chi connectivity index (χ2v) is 6.10. The van der Waals surface area contributed by atoms with E-state index in [0.29, 0.717) is 0 Å². The maximum Gasteiger partial charge on any atom is 0.256 e. The molecule has 0 spiro atoms. The molecule has 1 amide bonds. The highest BCUT2D eigenvalue weighted by Crippen LogP contribution is 2.16. The number of carbonyl (C=O) groups is 1. The molecule has 1 atom stereocenters. The predicted molar refractivity (Wildman–Crippen MR) is 60.4 cm³/mol. The van der Waals surface area contributed by atoms with Crippen LogP contribution in [0.2, 0.25) is 5.22 Å². The van der Waals surface area contributed by atoms with Crippen molar-refractivity contribution in [1.29, 1.82) is 0 Å². The van der Waals surface area contributed by atoms with E-state index in [1.807, 2.05) is 0 Å². The topological polar surface area (TPSA) is 76.4 Å². The second kappa shape index (κ2) is 4.88. The van der Waals surface area contributed by atoms with E-state index in [9.17, 15) is 13.2 Å². The Hall–Kier alpha value is -1.01. The van der Waals surface area contributed by atoms with Crippen LogP contribution in [0.5, 0.6) is 0 Å². The van der Waals surface area contributed by atoms with Gasteiger partial charge in [-0.2, -0.15) is 0 Å². The molecule has 0 aliphatic carbocycles. The van der Waals surface area contributed by atoms with Gasteiger partial charge in [0.1, 0.15) is 9.84 Å². The molecule has 0 radical (unpaired) electrons. The third kappa shape index (κ3) is 3.86. The lowest BCUT2D eigenvalue weighted by Gasteiger charge is -2.11. The summed E-state index contributed by atoms with van der Waals surface area (Å²) in [5.74, 6) is -0.566. The number of hydrogen-bond acceptors (Lipinski definition) is 4. The summed E-state index contributed by atoms with van der Waals surface area (Å²) in [6.07, 6.45) is 2.40. The molecule has 0 aliphatic rings. The van der Waals surface area contributed by atoms with Gasteiger partial charge in [0.15, 0.2) is 0 Å². The number of furan rings is 1. The van der Waals surface area contributed by atoms with E-state index in [2.05, 4.69) is 5.32 Å². The lowest BCUT2D eigenvalue weighted by Crippen LogP contribution is -2.37. The maximum absolute atomic E-state index is 11.6. The third-order valence-electron chi connectivity index (χ3n) is 1.79. The van der Waals surface area contributed by atoms with Crippen LogP contribution in [0.3, 0.4) is 0 Å². The molecule has 5 nitrogen and oxygen atoms in total. The summed E-state index contributed by atoms with van der Waals surface area (Å²) >= 11 is 5.61. The zero-order chi connectivity index (χ0) is 12.3. The molecule has 7 heteroatoms. The molecule has 0 aliphatic heterocycles. The van der Waals surface area contributed by atoms with E-state index in [1.54, 1.807) is 6.92 Å². The highest BCUT2D eigenvalue weighted by molar-refractivity contribution is 7.90. The van der Waals surface area contributed by atoms with Gasteiger partial charge in [0.05, 0.1) is 17.6 Å². The van der Waals surface area contributed by atoms with Gasteiger partial charge in [-0.25, -0.2) is 8.42 Å². The Morgan fingerprint density at radius 2 is 2.25 bits per heavy atom. The number of nitrogens with one attached hydrogen (secondary N) is 1. The van der Waals surface area contributed by atoms with Crippen molar-refractivity contribution in [3.8, 4) is 0 Å². The molecular formula is C9H12ClNO4S. The van der Waals surface area contributed by atoms with Gasteiger partial charge >= 0.3 is 0 Å². The monoisotopic (exact) mass is 265 g/mol. The van der Waals surface area contributed by atoms with Crippen molar-refractivity contribution < 1.29 is 17.6 Å². The van der Waals surface area contributed by atoms with Crippen molar-refractivity contribution in [1.82, 2.24) is 5.32 Å². The number of halogens is 1. The maximum atomic E-state index is 11.6. The van der Waals surface area contributed by atoms with Crippen LogP contribution in [0.4, 0.5) is 0 Å². The molecule has 0 saturated carbocycles. The molecule has 16 heavy (non-hydrogen) atoms. The van der Waals surface area contributed by atoms with Crippen LogP contribution in [-0.4, -0.2) is 32.4 Å². The molecule has 1 aromatic rings. The first kappa shape index (κ1) is 13.1. The van der Waals surface area contributed by atoms with Gasteiger partial charge in [0, 0.05) is 12.3 Å². The fourth-order valence-corrected chi connectivity index (χ4v) is 2.44. The lowest BCUT2D eigenvalue weighted by molar-refractivity contribution is 0.0943. The van der Waals surface area contributed by atoms with Crippen LogP contribution >= 0.6 is 11.6 Å². The zero-order valence-electron chi connectivity index (χ0n) is 8.86. The summed E-state index contributed by atoms with van der Waals surface area (Å²) in [7, 11) is -3.12. The van der Waals surface area contributed by atoms with E-state index in [-0.39, 0.29) is 16.5 Å². The molecular weight excluding hydrogens is 254 g/mol. The number of sulfone groups is 1. The molecule has 1 aromatic heterocycles. The number of amides is 1. The molecule has 1 N–H and O–H groups in total. The lowest BCUT2D eigenvalue weighted by atomic mass is 10.3. The van der Waals surface area contributed by atoms with E-state index in [4.69, 9.17) is 16.0 Å². The van der Waals surface area contributed by atoms with Gasteiger partial charge in [-0.15, -0.1) is 0 Å². The Kier molecular flexibility index (Phi) is 3.98. The second-order valence-electron chi connectivity index (χ2n) is 3.57. The smallest absolute Gasteiger partial charge is 0.256 e. The molecule has 0 saturated heterocycles. The van der Waals surface area contributed by atoms with Gasteiger partial charge in [-0.05, 0) is 24.6 Å². The molecule has 0 aromatic carbocycles. The molecule has 1 heterocycles. The Labute approximate surface area is 98.7 Å². The van der Waals surface area contributed by atoms with Crippen LogP contribution in [0, 0.1) is 0 Å². The quantitative estimate of drug-likeness (QED) is 0.884. The van der Waals surface area contributed by atoms with E-state index in [1.165, 1.54) is 12.3 Å². The van der Waals surface area contributed by atoms with Gasteiger partial charge in [0.25, 0.3) is 5.91 Å². The number of hydrogen-bond donors (Lipinski definition) is 1. The summed E-state index contributed by atoms with van der Waals surface area (Å²) in [5, 5.41) is 2.51. The van der Waals surface area contributed by atoms with Crippen LogP contribution in [0.1, 0.15) is 17.3 Å².